The maximum absolute atomic E-state index is 13.2. The molecule has 0 aliphatic carbocycles. The van der Waals surface area contributed by atoms with Gasteiger partial charge in [0.15, 0.2) is 5.78 Å². The van der Waals surface area contributed by atoms with Gasteiger partial charge in [-0.3, -0.25) is 4.79 Å². The van der Waals surface area contributed by atoms with Crippen molar-refractivity contribution in [2.45, 2.75) is 39.0 Å². The van der Waals surface area contributed by atoms with Crippen molar-refractivity contribution in [3.8, 4) is 0 Å². The summed E-state index contributed by atoms with van der Waals surface area (Å²) in [5, 5.41) is 0. The lowest BCUT2D eigenvalue weighted by Crippen LogP contribution is -2.25. The summed E-state index contributed by atoms with van der Waals surface area (Å²) in [6.45, 7) is 3.82. The molecule has 0 bridgehead atoms. The summed E-state index contributed by atoms with van der Waals surface area (Å²) in [5.41, 5.74) is -1.62. The molecule has 2 nitrogen and oxygen atoms in total. The number of carbonyl (C=O) groups excluding carboxylic acids is 1. The van der Waals surface area contributed by atoms with Gasteiger partial charge in [-0.05, 0) is 31.5 Å². The van der Waals surface area contributed by atoms with Crippen LogP contribution in [0.25, 0.3) is 0 Å². The monoisotopic (exact) mass is 292 g/mol. The van der Waals surface area contributed by atoms with E-state index in [4.69, 9.17) is 4.74 Å². The van der Waals surface area contributed by atoms with Crippen LogP contribution in [0.3, 0.4) is 0 Å². The van der Waals surface area contributed by atoms with E-state index < -0.39 is 29.4 Å². The van der Waals surface area contributed by atoms with Crippen molar-refractivity contribution in [2.75, 3.05) is 6.61 Å². The number of ether oxygens (including phenoxy) is 1. The van der Waals surface area contributed by atoms with Crippen LogP contribution in [0.15, 0.2) is 18.2 Å². The summed E-state index contributed by atoms with van der Waals surface area (Å²) >= 11 is 0. The third-order valence-electron chi connectivity index (χ3n) is 2.77. The molecule has 0 spiro atoms. The number of carbonyl (C=O) groups is 1. The Balaban J connectivity index is 3.10. The van der Waals surface area contributed by atoms with E-state index in [0.29, 0.717) is 25.0 Å². The number of ketones is 1. The zero-order valence-corrected chi connectivity index (χ0v) is 11.3. The van der Waals surface area contributed by atoms with E-state index in [9.17, 15) is 22.4 Å². The molecule has 1 aromatic rings. The Morgan fingerprint density at radius 3 is 2.45 bits per heavy atom. The zero-order chi connectivity index (χ0) is 15.3. The van der Waals surface area contributed by atoms with Crippen LogP contribution in [0.1, 0.15) is 42.6 Å². The fourth-order valence-electron chi connectivity index (χ4n) is 1.84. The Hall–Kier alpha value is -1.43. The minimum absolute atomic E-state index is 0.189. The molecule has 1 rings (SSSR count). The predicted octanol–water partition coefficient (Wildman–Crippen LogP) is 4.23. The van der Waals surface area contributed by atoms with Crippen LogP contribution in [0.5, 0.6) is 0 Å². The van der Waals surface area contributed by atoms with E-state index in [2.05, 4.69) is 0 Å². The van der Waals surface area contributed by atoms with Crippen molar-refractivity contribution in [1.82, 2.24) is 0 Å². The van der Waals surface area contributed by atoms with Crippen molar-refractivity contribution >= 4 is 5.78 Å². The Bertz CT molecular complexity index is 463. The highest BCUT2D eigenvalue weighted by atomic mass is 19.4. The van der Waals surface area contributed by atoms with E-state index in [0.717, 1.165) is 6.07 Å². The standard InChI is InChI=1S/C14H16F4O2/c1-3-5-12(20-4-2)13(19)9-6-7-11(15)10(8-9)14(16,17)18/h6-8,12H,3-5H2,1-2H3. The Kier molecular flexibility index (Phi) is 5.68. The first-order chi connectivity index (χ1) is 9.31. The second-order valence-electron chi connectivity index (χ2n) is 4.29. The van der Waals surface area contributed by atoms with E-state index >= 15 is 0 Å². The molecule has 6 heteroatoms. The molecule has 1 aromatic carbocycles. The summed E-state index contributed by atoms with van der Waals surface area (Å²) in [7, 11) is 0. The second kappa shape index (κ2) is 6.83. The average molecular weight is 292 g/mol. The maximum Gasteiger partial charge on any atom is 0.419 e. The van der Waals surface area contributed by atoms with Crippen LogP contribution < -0.4 is 0 Å². The number of Topliss-reactive ketones (excluding diaryl/α,β-unsaturated/α-hetero) is 1. The smallest absolute Gasteiger partial charge is 0.370 e. The number of halogens is 4. The molecule has 0 saturated heterocycles. The second-order valence-corrected chi connectivity index (χ2v) is 4.29. The molecule has 1 unspecified atom stereocenters. The third-order valence-corrected chi connectivity index (χ3v) is 2.77. The lowest BCUT2D eigenvalue weighted by Gasteiger charge is -2.16. The van der Waals surface area contributed by atoms with Gasteiger partial charge in [0.2, 0.25) is 0 Å². The number of benzene rings is 1. The molecular weight excluding hydrogens is 276 g/mol. The van der Waals surface area contributed by atoms with Crippen molar-refractivity contribution in [3.63, 3.8) is 0 Å². The maximum atomic E-state index is 13.2. The molecular formula is C14H16F4O2. The highest BCUT2D eigenvalue weighted by molar-refractivity contribution is 5.99. The SMILES string of the molecule is CCCC(OCC)C(=O)c1ccc(F)c(C(F)(F)F)c1. The number of hydrogen-bond donors (Lipinski definition) is 0. The Labute approximate surface area is 114 Å². The van der Waals surface area contributed by atoms with Gasteiger partial charge in [-0.25, -0.2) is 4.39 Å². The van der Waals surface area contributed by atoms with Crippen LogP contribution in [0.4, 0.5) is 17.6 Å². The van der Waals surface area contributed by atoms with Crippen LogP contribution >= 0.6 is 0 Å². The normalized spacial score (nSPS) is 13.3. The van der Waals surface area contributed by atoms with Gasteiger partial charge in [-0.2, -0.15) is 13.2 Å². The van der Waals surface area contributed by atoms with Crippen molar-refractivity contribution < 1.29 is 27.1 Å². The van der Waals surface area contributed by atoms with E-state index in [-0.39, 0.29) is 12.2 Å². The zero-order valence-electron chi connectivity index (χ0n) is 11.3. The highest BCUT2D eigenvalue weighted by Crippen LogP contribution is 2.32. The minimum atomic E-state index is -4.83. The van der Waals surface area contributed by atoms with Crippen molar-refractivity contribution in [2.24, 2.45) is 0 Å². The molecule has 0 heterocycles. The van der Waals surface area contributed by atoms with Gasteiger partial charge in [-0.15, -0.1) is 0 Å². The molecule has 112 valence electrons. The first-order valence-corrected chi connectivity index (χ1v) is 6.33. The van der Waals surface area contributed by atoms with Gasteiger partial charge in [0.05, 0.1) is 5.56 Å². The molecule has 0 aliphatic heterocycles. The Morgan fingerprint density at radius 2 is 1.95 bits per heavy atom. The van der Waals surface area contributed by atoms with Gasteiger partial charge in [0.1, 0.15) is 11.9 Å². The summed E-state index contributed by atoms with van der Waals surface area (Å²) in [6.07, 6.45) is -4.56. The molecule has 0 fully saturated rings. The van der Waals surface area contributed by atoms with Gasteiger partial charge < -0.3 is 4.74 Å². The molecule has 0 radical (unpaired) electrons. The molecule has 0 N–H and O–H groups in total. The van der Waals surface area contributed by atoms with Crippen LogP contribution in [0, 0.1) is 5.82 Å². The van der Waals surface area contributed by atoms with Gasteiger partial charge in [0.25, 0.3) is 0 Å². The van der Waals surface area contributed by atoms with E-state index in [1.165, 1.54) is 0 Å². The average Bonchev–Trinajstić information content (AvgIpc) is 2.37. The van der Waals surface area contributed by atoms with Crippen LogP contribution in [-0.2, 0) is 10.9 Å². The topological polar surface area (TPSA) is 26.3 Å². The number of rotatable bonds is 6. The lowest BCUT2D eigenvalue weighted by atomic mass is 10.0. The quantitative estimate of drug-likeness (QED) is 0.579. The first-order valence-electron chi connectivity index (χ1n) is 6.33. The largest absolute Gasteiger partial charge is 0.419 e. The van der Waals surface area contributed by atoms with Crippen LogP contribution in [0.2, 0.25) is 0 Å². The molecule has 0 aromatic heterocycles. The van der Waals surface area contributed by atoms with Gasteiger partial charge >= 0.3 is 6.18 Å². The minimum Gasteiger partial charge on any atom is -0.370 e. The highest BCUT2D eigenvalue weighted by Gasteiger charge is 2.35. The summed E-state index contributed by atoms with van der Waals surface area (Å²) in [4.78, 5) is 12.1. The molecule has 0 aliphatic rings. The van der Waals surface area contributed by atoms with Gasteiger partial charge in [-0.1, -0.05) is 13.3 Å². The predicted molar refractivity (Wildman–Crippen MR) is 66.1 cm³/mol. The number of hydrogen-bond acceptors (Lipinski definition) is 2. The summed E-state index contributed by atoms with van der Waals surface area (Å²) in [5.74, 6) is -1.95. The van der Waals surface area contributed by atoms with E-state index in [1.807, 2.05) is 6.92 Å². The van der Waals surface area contributed by atoms with Crippen LogP contribution in [-0.4, -0.2) is 18.5 Å². The fourth-order valence-corrected chi connectivity index (χ4v) is 1.84. The molecule has 20 heavy (non-hydrogen) atoms. The lowest BCUT2D eigenvalue weighted by molar-refractivity contribution is -0.140. The Morgan fingerprint density at radius 1 is 1.30 bits per heavy atom. The van der Waals surface area contributed by atoms with Crippen molar-refractivity contribution in [3.05, 3.63) is 35.1 Å². The van der Waals surface area contributed by atoms with Crippen molar-refractivity contribution in [1.29, 1.82) is 0 Å². The van der Waals surface area contributed by atoms with E-state index in [1.54, 1.807) is 6.92 Å². The number of alkyl halides is 3. The summed E-state index contributed by atoms with van der Waals surface area (Å²) < 4.78 is 56.2. The first kappa shape index (κ1) is 16.6. The third kappa shape index (κ3) is 4.03. The van der Waals surface area contributed by atoms with Gasteiger partial charge in [0, 0.05) is 12.2 Å². The summed E-state index contributed by atoms with van der Waals surface area (Å²) in [6, 6.07) is 2.25. The molecule has 0 amide bonds. The fraction of sp³-hybridized carbons (Fsp3) is 0.500. The molecule has 0 saturated carbocycles. The molecule has 1 atom stereocenters.